The van der Waals surface area contributed by atoms with Crippen LogP contribution in [0.2, 0.25) is 0 Å². The normalized spacial score (nSPS) is 15.3. The molecule has 31 heavy (non-hydrogen) atoms. The van der Waals surface area contributed by atoms with Gasteiger partial charge < -0.3 is 26.6 Å². The lowest BCUT2D eigenvalue weighted by atomic mass is 9.84. The number of guanidine groups is 1. The van der Waals surface area contributed by atoms with Gasteiger partial charge in [0, 0.05) is 32.7 Å². The predicted octanol–water partition coefficient (Wildman–Crippen LogP) is 0.605. The van der Waals surface area contributed by atoms with Gasteiger partial charge in [-0.1, -0.05) is 25.0 Å². The van der Waals surface area contributed by atoms with Crippen molar-refractivity contribution in [1.82, 2.24) is 20.9 Å². The molecule has 0 aromatic heterocycles. The van der Waals surface area contributed by atoms with Crippen LogP contribution in [-0.2, 0) is 16.1 Å². The molecular formula is C22H34N6O3. The Hall–Kier alpha value is -3.10. The van der Waals surface area contributed by atoms with Gasteiger partial charge in [-0.2, -0.15) is 0 Å². The number of hydrogen-bond acceptors (Lipinski definition) is 4. The Morgan fingerprint density at radius 2 is 1.71 bits per heavy atom. The maximum absolute atomic E-state index is 12.8. The molecule has 0 radical (unpaired) electrons. The molecule has 0 bridgehead atoms. The topological polar surface area (TPSA) is 129 Å². The number of rotatable bonds is 9. The highest BCUT2D eigenvalue weighted by Crippen LogP contribution is 2.38. The van der Waals surface area contributed by atoms with Crippen molar-refractivity contribution in [1.29, 1.82) is 0 Å². The first kappa shape index (κ1) is 24.2. The summed E-state index contributed by atoms with van der Waals surface area (Å²) < 4.78 is 0. The third-order valence-electron chi connectivity index (χ3n) is 5.42. The number of primary amides is 1. The summed E-state index contributed by atoms with van der Waals surface area (Å²) in [5.74, 6) is -0.118. The van der Waals surface area contributed by atoms with E-state index in [1.807, 2.05) is 19.1 Å². The molecule has 0 atom stereocenters. The van der Waals surface area contributed by atoms with Crippen LogP contribution in [0, 0.1) is 5.41 Å². The first-order valence-corrected chi connectivity index (χ1v) is 10.7. The Bertz CT molecular complexity index is 798. The molecule has 1 saturated carbocycles. The second-order valence-electron chi connectivity index (χ2n) is 8.08. The smallest absolute Gasteiger partial charge is 0.251 e. The summed E-state index contributed by atoms with van der Waals surface area (Å²) in [6.45, 7) is 3.48. The minimum absolute atomic E-state index is 0.165. The molecule has 0 unspecified atom stereocenters. The zero-order valence-electron chi connectivity index (χ0n) is 18.7. The number of nitrogens with one attached hydrogen (secondary N) is 3. The Morgan fingerprint density at radius 1 is 1.06 bits per heavy atom. The highest BCUT2D eigenvalue weighted by Gasteiger charge is 2.42. The third-order valence-corrected chi connectivity index (χ3v) is 5.42. The summed E-state index contributed by atoms with van der Waals surface area (Å²) in [4.78, 5) is 41.8. The molecule has 1 aromatic rings. The number of amides is 3. The summed E-state index contributed by atoms with van der Waals surface area (Å²) >= 11 is 0. The number of nitrogens with two attached hydrogens (primary N) is 1. The Kier molecular flexibility index (Phi) is 8.84. The van der Waals surface area contributed by atoms with Crippen molar-refractivity contribution in [2.45, 2.75) is 39.2 Å². The molecule has 170 valence electrons. The van der Waals surface area contributed by atoms with Crippen LogP contribution < -0.4 is 21.7 Å². The summed E-state index contributed by atoms with van der Waals surface area (Å²) in [7, 11) is 3.61. The van der Waals surface area contributed by atoms with E-state index in [0.717, 1.165) is 31.2 Å². The monoisotopic (exact) mass is 430 g/mol. The van der Waals surface area contributed by atoms with E-state index < -0.39 is 5.91 Å². The molecule has 1 aliphatic rings. The molecule has 2 rings (SSSR count). The standard InChI is InChI=1S/C22H34N6O3/c1-4-24-21(27-15-22(11-5-6-12-22)20(31)28(2)3)26-13-16-7-9-17(10-8-16)19(30)25-14-18(23)29/h7-10H,4-6,11-15H2,1-3H3,(H2,23,29)(H,25,30)(H2,24,26,27). The van der Waals surface area contributed by atoms with Crippen LogP contribution in [0.4, 0.5) is 0 Å². The zero-order chi connectivity index (χ0) is 22.9. The van der Waals surface area contributed by atoms with Gasteiger partial charge in [0.15, 0.2) is 5.96 Å². The molecule has 0 saturated heterocycles. The third kappa shape index (κ3) is 6.97. The fraction of sp³-hybridized carbons (Fsp3) is 0.545. The molecule has 0 heterocycles. The van der Waals surface area contributed by atoms with Crippen LogP contribution in [0.3, 0.4) is 0 Å². The number of aliphatic imine (C=N–C) groups is 1. The van der Waals surface area contributed by atoms with E-state index in [2.05, 4.69) is 20.9 Å². The number of carbonyl (C=O) groups excluding carboxylic acids is 3. The van der Waals surface area contributed by atoms with Gasteiger partial charge in [0.05, 0.1) is 18.5 Å². The lowest BCUT2D eigenvalue weighted by molar-refractivity contribution is -0.138. The lowest BCUT2D eigenvalue weighted by Gasteiger charge is -2.31. The first-order chi connectivity index (χ1) is 14.8. The van der Waals surface area contributed by atoms with Crippen molar-refractivity contribution >= 4 is 23.7 Å². The van der Waals surface area contributed by atoms with E-state index in [1.165, 1.54) is 0 Å². The minimum atomic E-state index is -0.588. The van der Waals surface area contributed by atoms with E-state index in [9.17, 15) is 14.4 Å². The summed E-state index contributed by atoms with van der Waals surface area (Å²) in [6, 6.07) is 7.01. The molecular weight excluding hydrogens is 396 g/mol. The van der Waals surface area contributed by atoms with Gasteiger partial charge in [-0.05, 0) is 37.5 Å². The highest BCUT2D eigenvalue weighted by molar-refractivity contribution is 5.96. The first-order valence-electron chi connectivity index (χ1n) is 10.7. The average molecular weight is 431 g/mol. The number of benzene rings is 1. The average Bonchev–Trinajstić information content (AvgIpc) is 3.23. The highest BCUT2D eigenvalue weighted by atomic mass is 16.2. The van der Waals surface area contributed by atoms with Crippen LogP contribution in [0.1, 0.15) is 48.5 Å². The van der Waals surface area contributed by atoms with E-state index >= 15 is 0 Å². The van der Waals surface area contributed by atoms with Crippen molar-refractivity contribution in [3.05, 3.63) is 35.4 Å². The maximum Gasteiger partial charge on any atom is 0.251 e. The molecule has 1 fully saturated rings. The van der Waals surface area contributed by atoms with Gasteiger partial charge in [-0.3, -0.25) is 14.4 Å². The number of hydrogen-bond donors (Lipinski definition) is 4. The van der Waals surface area contributed by atoms with Gasteiger partial charge in [0.1, 0.15) is 0 Å². The van der Waals surface area contributed by atoms with Crippen LogP contribution in [0.5, 0.6) is 0 Å². The van der Waals surface area contributed by atoms with E-state index in [-0.39, 0.29) is 23.8 Å². The number of carbonyl (C=O) groups is 3. The summed E-state index contributed by atoms with van der Waals surface area (Å²) in [5, 5.41) is 9.03. The quantitative estimate of drug-likeness (QED) is 0.337. The van der Waals surface area contributed by atoms with Crippen LogP contribution >= 0.6 is 0 Å². The maximum atomic E-state index is 12.8. The molecule has 9 nitrogen and oxygen atoms in total. The largest absolute Gasteiger partial charge is 0.368 e. The molecule has 0 spiro atoms. The molecule has 1 aromatic carbocycles. The number of nitrogens with zero attached hydrogens (tertiary/aromatic N) is 2. The molecule has 5 N–H and O–H groups in total. The minimum Gasteiger partial charge on any atom is -0.368 e. The van der Waals surface area contributed by atoms with Crippen LogP contribution in [0.25, 0.3) is 0 Å². The molecule has 0 aliphatic heterocycles. The SMILES string of the molecule is CCNC(=NCc1ccc(C(=O)NCC(N)=O)cc1)NCC1(C(=O)N(C)C)CCCC1. The Labute approximate surface area is 183 Å². The lowest BCUT2D eigenvalue weighted by Crippen LogP contribution is -2.49. The molecule has 9 heteroatoms. The van der Waals surface area contributed by atoms with Crippen molar-refractivity contribution in [2.75, 3.05) is 33.7 Å². The van der Waals surface area contributed by atoms with Crippen LogP contribution in [-0.4, -0.2) is 62.3 Å². The van der Waals surface area contributed by atoms with Crippen molar-refractivity contribution in [3.63, 3.8) is 0 Å². The molecule has 3 amide bonds. The van der Waals surface area contributed by atoms with Gasteiger partial charge in [0.25, 0.3) is 5.91 Å². The van der Waals surface area contributed by atoms with Crippen molar-refractivity contribution < 1.29 is 14.4 Å². The fourth-order valence-electron chi connectivity index (χ4n) is 3.79. The van der Waals surface area contributed by atoms with E-state index in [4.69, 9.17) is 5.73 Å². The van der Waals surface area contributed by atoms with Gasteiger partial charge >= 0.3 is 0 Å². The van der Waals surface area contributed by atoms with Gasteiger partial charge in [-0.25, -0.2) is 4.99 Å². The second kappa shape index (κ2) is 11.3. The Balaban J connectivity index is 2.00. The van der Waals surface area contributed by atoms with Crippen molar-refractivity contribution in [3.8, 4) is 0 Å². The summed E-state index contributed by atoms with van der Waals surface area (Å²) in [6.07, 6.45) is 3.90. The second-order valence-corrected chi connectivity index (χ2v) is 8.08. The fourth-order valence-corrected chi connectivity index (χ4v) is 3.79. The van der Waals surface area contributed by atoms with E-state index in [1.54, 1.807) is 31.1 Å². The predicted molar refractivity (Wildman–Crippen MR) is 120 cm³/mol. The van der Waals surface area contributed by atoms with E-state index in [0.29, 0.717) is 31.2 Å². The van der Waals surface area contributed by atoms with Gasteiger partial charge in [-0.15, -0.1) is 0 Å². The van der Waals surface area contributed by atoms with Crippen molar-refractivity contribution in [2.24, 2.45) is 16.1 Å². The van der Waals surface area contributed by atoms with Gasteiger partial charge in [0.2, 0.25) is 11.8 Å². The Morgan fingerprint density at radius 3 is 2.26 bits per heavy atom. The molecule has 1 aliphatic carbocycles. The van der Waals surface area contributed by atoms with Crippen LogP contribution in [0.15, 0.2) is 29.3 Å². The zero-order valence-corrected chi connectivity index (χ0v) is 18.7. The summed E-state index contributed by atoms with van der Waals surface area (Å²) in [5.41, 5.74) is 6.04.